The standard InChI is InChI=1S/C11H15NS/c1-11(2,3)8-4-5-9-10(6-8)13-7-12-9/h4-7,9-10H,1-3H3. The SMILES string of the molecule is CC(C)(C)C1=CC2SC=NC2C=C1. The van der Waals surface area contributed by atoms with Crippen LogP contribution in [0.15, 0.2) is 28.8 Å². The predicted octanol–water partition coefficient (Wildman–Crippen LogP) is 3.04. The average Bonchev–Trinajstić information content (AvgIpc) is 2.47. The van der Waals surface area contributed by atoms with Gasteiger partial charge in [0.25, 0.3) is 0 Å². The molecule has 70 valence electrons. The molecule has 1 aliphatic carbocycles. The van der Waals surface area contributed by atoms with Crippen molar-refractivity contribution < 1.29 is 0 Å². The molecule has 0 fully saturated rings. The van der Waals surface area contributed by atoms with E-state index in [2.05, 4.69) is 44.0 Å². The Morgan fingerprint density at radius 1 is 1.38 bits per heavy atom. The first kappa shape index (κ1) is 9.07. The summed E-state index contributed by atoms with van der Waals surface area (Å²) in [6.45, 7) is 6.76. The van der Waals surface area contributed by atoms with Gasteiger partial charge in [0.1, 0.15) is 0 Å². The Balaban J connectivity index is 2.22. The van der Waals surface area contributed by atoms with Crippen molar-refractivity contribution in [3.63, 3.8) is 0 Å². The van der Waals surface area contributed by atoms with Crippen molar-refractivity contribution >= 4 is 17.3 Å². The lowest BCUT2D eigenvalue weighted by atomic mass is 9.83. The molecule has 0 N–H and O–H groups in total. The molecule has 0 radical (unpaired) electrons. The third kappa shape index (κ3) is 1.73. The van der Waals surface area contributed by atoms with Gasteiger partial charge >= 0.3 is 0 Å². The van der Waals surface area contributed by atoms with E-state index in [9.17, 15) is 0 Å². The van der Waals surface area contributed by atoms with E-state index in [1.54, 1.807) is 0 Å². The average molecular weight is 193 g/mol. The van der Waals surface area contributed by atoms with E-state index in [-0.39, 0.29) is 5.41 Å². The van der Waals surface area contributed by atoms with Crippen LogP contribution < -0.4 is 0 Å². The summed E-state index contributed by atoms with van der Waals surface area (Å²) in [7, 11) is 0. The Hall–Kier alpha value is -0.500. The first-order chi connectivity index (χ1) is 6.07. The molecule has 2 rings (SSSR count). The molecule has 0 aromatic heterocycles. The zero-order valence-corrected chi connectivity index (χ0v) is 9.14. The fourth-order valence-corrected chi connectivity index (χ4v) is 2.47. The molecule has 2 atom stereocenters. The zero-order valence-electron chi connectivity index (χ0n) is 8.32. The van der Waals surface area contributed by atoms with Crippen LogP contribution in [0.25, 0.3) is 0 Å². The van der Waals surface area contributed by atoms with Crippen LogP contribution in [0.1, 0.15) is 20.8 Å². The van der Waals surface area contributed by atoms with Gasteiger partial charge in [0.15, 0.2) is 0 Å². The quantitative estimate of drug-likeness (QED) is 0.576. The van der Waals surface area contributed by atoms with Crippen LogP contribution in [0.5, 0.6) is 0 Å². The topological polar surface area (TPSA) is 12.4 Å². The minimum atomic E-state index is 0.268. The van der Waals surface area contributed by atoms with Gasteiger partial charge in [-0.3, -0.25) is 4.99 Å². The zero-order chi connectivity index (χ0) is 9.47. The fourth-order valence-electron chi connectivity index (χ4n) is 1.57. The largest absolute Gasteiger partial charge is 0.277 e. The van der Waals surface area contributed by atoms with Crippen molar-refractivity contribution in [2.24, 2.45) is 10.4 Å². The maximum atomic E-state index is 4.38. The molecule has 13 heavy (non-hydrogen) atoms. The summed E-state index contributed by atoms with van der Waals surface area (Å²) in [5.41, 5.74) is 3.68. The summed E-state index contributed by atoms with van der Waals surface area (Å²) in [5, 5.41) is 0.555. The number of thioether (sulfide) groups is 1. The highest BCUT2D eigenvalue weighted by Gasteiger charge is 2.27. The van der Waals surface area contributed by atoms with Crippen LogP contribution >= 0.6 is 11.8 Å². The third-order valence-corrected chi connectivity index (χ3v) is 3.44. The summed E-state index contributed by atoms with van der Waals surface area (Å²) in [5.74, 6) is 0. The lowest BCUT2D eigenvalue weighted by molar-refractivity contribution is 0.511. The summed E-state index contributed by atoms with van der Waals surface area (Å²) in [6, 6.07) is 0.399. The monoisotopic (exact) mass is 193 g/mol. The van der Waals surface area contributed by atoms with Crippen molar-refractivity contribution in [2.75, 3.05) is 0 Å². The second kappa shape index (κ2) is 3.02. The van der Waals surface area contributed by atoms with Gasteiger partial charge in [0.2, 0.25) is 0 Å². The molecule has 0 bridgehead atoms. The molecule has 0 aromatic carbocycles. The van der Waals surface area contributed by atoms with Crippen molar-refractivity contribution in [3.8, 4) is 0 Å². The van der Waals surface area contributed by atoms with Crippen molar-refractivity contribution in [3.05, 3.63) is 23.8 Å². The van der Waals surface area contributed by atoms with Gasteiger partial charge < -0.3 is 0 Å². The van der Waals surface area contributed by atoms with E-state index in [0.29, 0.717) is 11.3 Å². The lowest BCUT2D eigenvalue weighted by Crippen LogP contribution is -2.20. The molecule has 2 heteroatoms. The first-order valence-corrected chi connectivity index (χ1v) is 5.59. The third-order valence-electron chi connectivity index (χ3n) is 2.47. The Bertz CT molecular complexity index is 294. The Labute approximate surface area is 84.0 Å². The van der Waals surface area contributed by atoms with Gasteiger partial charge in [-0.2, -0.15) is 0 Å². The van der Waals surface area contributed by atoms with E-state index < -0.39 is 0 Å². The van der Waals surface area contributed by atoms with E-state index in [0.717, 1.165) is 0 Å². The van der Waals surface area contributed by atoms with Crippen molar-refractivity contribution in [1.29, 1.82) is 0 Å². The van der Waals surface area contributed by atoms with Gasteiger partial charge in [0.05, 0.1) is 16.8 Å². The van der Waals surface area contributed by atoms with E-state index in [4.69, 9.17) is 0 Å². The van der Waals surface area contributed by atoms with Crippen LogP contribution in [-0.2, 0) is 0 Å². The van der Waals surface area contributed by atoms with Crippen LogP contribution in [0.3, 0.4) is 0 Å². The Kier molecular flexibility index (Phi) is 2.11. The maximum Gasteiger partial charge on any atom is 0.0846 e. The van der Waals surface area contributed by atoms with Crippen LogP contribution in [-0.4, -0.2) is 16.8 Å². The minimum Gasteiger partial charge on any atom is -0.277 e. The van der Waals surface area contributed by atoms with Crippen LogP contribution in [0, 0.1) is 5.41 Å². The molecule has 0 amide bonds. The van der Waals surface area contributed by atoms with Gasteiger partial charge in [0, 0.05) is 0 Å². The molecule has 0 aromatic rings. The van der Waals surface area contributed by atoms with Gasteiger partial charge in [-0.05, 0) is 11.0 Å². The number of rotatable bonds is 0. The summed E-state index contributed by atoms with van der Waals surface area (Å²) >= 11 is 1.83. The van der Waals surface area contributed by atoms with Gasteiger partial charge in [-0.1, -0.05) is 39.0 Å². The second-order valence-electron chi connectivity index (χ2n) is 4.58. The lowest BCUT2D eigenvalue weighted by Gasteiger charge is -2.26. The number of hydrogen-bond acceptors (Lipinski definition) is 2. The molecule has 2 aliphatic rings. The van der Waals surface area contributed by atoms with E-state index >= 15 is 0 Å². The highest BCUT2D eigenvalue weighted by molar-refractivity contribution is 8.13. The smallest absolute Gasteiger partial charge is 0.0846 e. The number of aliphatic imine (C=N–C) groups is 1. The molecular formula is C11H15NS. The Morgan fingerprint density at radius 3 is 2.85 bits per heavy atom. The van der Waals surface area contributed by atoms with E-state index in [1.807, 2.05) is 17.3 Å². The molecule has 0 spiro atoms. The van der Waals surface area contributed by atoms with E-state index in [1.165, 1.54) is 5.57 Å². The van der Waals surface area contributed by atoms with Gasteiger partial charge in [-0.25, -0.2) is 0 Å². The predicted molar refractivity (Wildman–Crippen MR) is 60.3 cm³/mol. The summed E-state index contributed by atoms with van der Waals surface area (Å²) in [4.78, 5) is 4.38. The molecule has 1 heterocycles. The second-order valence-corrected chi connectivity index (χ2v) is 5.60. The number of allylic oxidation sites excluding steroid dienone is 2. The van der Waals surface area contributed by atoms with Crippen molar-refractivity contribution in [1.82, 2.24) is 0 Å². The minimum absolute atomic E-state index is 0.268. The first-order valence-electron chi connectivity index (χ1n) is 4.65. The molecule has 0 saturated carbocycles. The molecule has 1 aliphatic heterocycles. The van der Waals surface area contributed by atoms with Crippen LogP contribution in [0.2, 0.25) is 0 Å². The summed E-state index contributed by atoms with van der Waals surface area (Å²) < 4.78 is 0. The van der Waals surface area contributed by atoms with Crippen LogP contribution in [0.4, 0.5) is 0 Å². The summed E-state index contributed by atoms with van der Waals surface area (Å²) in [6.07, 6.45) is 6.81. The normalized spacial score (nSPS) is 31.8. The number of hydrogen-bond donors (Lipinski definition) is 0. The molecule has 2 unspecified atom stereocenters. The highest BCUT2D eigenvalue weighted by atomic mass is 32.2. The van der Waals surface area contributed by atoms with Crippen molar-refractivity contribution in [2.45, 2.75) is 32.1 Å². The molecule has 0 saturated heterocycles. The van der Waals surface area contributed by atoms with Gasteiger partial charge in [-0.15, -0.1) is 11.8 Å². The molecular weight excluding hydrogens is 178 g/mol. The molecule has 1 nitrogen and oxygen atoms in total. The number of nitrogens with zero attached hydrogens (tertiary/aromatic N) is 1. The fraction of sp³-hybridized carbons (Fsp3) is 0.545. The maximum absolute atomic E-state index is 4.38. The number of fused-ring (bicyclic) bond motifs is 1. The Morgan fingerprint density at radius 2 is 2.15 bits per heavy atom. The highest BCUT2D eigenvalue weighted by Crippen LogP contribution is 2.35.